The second-order valence-electron chi connectivity index (χ2n) is 7.91. The molecule has 2 aromatic rings. The number of nitrogens with two attached hydrogens (primary N) is 1. The van der Waals surface area contributed by atoms with E-state index in [2.05, 4.69) is 53.5 Å². The molecule has 1 fully saturated rings. The van der Waals surface area contributed by atoms with Crippen molar-refractivity contribution in [2.75, 3.05) is 25.0 Å². The third-order valence-electron chi connectivity index (χ3n) is 5.85. The van der Waals surface area contributed by atoms with Crippen molar-refractivity contribution in [2.24, 2.45) is 11.7 Å². The maximum atomic E-state index is 12.9. The fraction of sp³-hybridized carbons (Fsp3) is 0.435. The Hall–Kier alpha value is -2.17. The summed E-state index contributed by atoms with van der Waals surface area (Å²) in [7, 11) is 0. The molecule has 0 spiro atoms. The lowest BCUT2D eigenvalue weighted by Crippen LogP contribution is -2.41. The third-order valence-corrected chi connectivity index (χ3v) is 5.85. The lowest BCUT2D eigenvalue weighted by Gasteiger charge is -2.24. The van der Waals surface area contributed by atoms with E-state index in [0.29, 0.717) is 18.4 Å². The van der Waals surface area contributed by atoms with Gasteiger partial charge >= 0.3 is 0 Å². The molecule has 4 heteroatoms. The van der Waals surface area contributed by atoms with Gasteiger partial charge in [0.2, 0.25) is 5.91 Å². The zero-order valence-electron chi connectivity index (χ0n) is 16.8. The van der Waals surface area contributed by atoms with Crippen LogP contribution in [0.4, 0.5) is 5.69 Å². The summed E-state index contributed by atoms with van der Waals surface area (Å²) in [5.41, 5.74) is 11.7. The lowest BCUT2D eigenvalue weighted by atomic mass is 9.89. The molecule has 1 aliphatic rings. The molecular weight excluding hydrogens is 334 g/mol. The molecule has 3 N–H and O–H groups in total. The molecule has 1 unspecified atom stereocenters. The van der Waals surface area contributed by atoms with Gasteiger partial charge in [0.15, 0.2) is 0 Å². The van der Waals surface area contributed by atoms with Crippen LogP contribution >= 0.6 is 0 Å². The second-order valence-corrected chi connectivity index (χ2v) is 7.91. The molecule has 3 rings (SSSR count). The summed E-state index contributed by atoms with van der Waals surface area (Å²) < 4.78 is 0. The first kappa shape index (κ1) is 19.6. The van der Waals surface area contributed by atoms with E-state index in [0.717, 1.165) is 29.9 Å². The van der Waals surface area contributed by atoms with Crippen molar-refractivity contribution in [1.82, 2.24) is 4.90 Å². The largest absolute Gasteiger partial charge is 0.330 e. The van der Waals surface area contributed by atoms with Gasteiger partial charge in [-0.05, 0) is 56.8 Å². The highest BCUT2D eigenvalue weighted by Gasteiger charge is 2.37. The van der Waals surface area contributed by atoms with Gasteiger partial charge in [-0.15, -0.1) is 0 Å². The Kier molecular flexibility index (Phi) is 5.98. The number of benzene rings is 2. The van der Waals surface area contributed by atoms with Crippen molar-refractivity contribution in [2.45, 2.75) is 39.7 Å². The summed E-state index contributed by atoms with van der Waals surface area (Å²) >= 11 is 0. The number of nitrogens with one attached hydrogen (secondary N) is 1. The van der Waals surface area contributed by atoms with Crippen LogP contribution < -0.4 is 11.1 Å². The van der Waals surface area contributed by atoms with E-state index in [9.17, 15) is 4.79 Å². The van der Waals surface area contributed by atoms with Crippen molar-refractivity contribution in [3.63, 3.8) is 0 Å². The van der Waals surface area contributed by atoms with Gasteiger partial charge in [-0.1, -0.05) is 48.0 Å². The van der Waals surface area contributed by atoms with Gasteiger partial charge in [0, 0.05) is 24.7 Å². The molecule has 2 aromatic carbocycles. The van der Waals surface area contributed by atoms with Crippen LogP contribution in [0.5, 0.6) is 0 Å². The average molecular weight is 366 g/mol. The molecule has 0 radical (unpaired) electrons. The maximum absolute atomic E-state index is 12.9. The van der Waals surface area contributed by atoms with E-state index in [1.165, 1.54) is 11.1 Å². The number of hydrogen-bond acceptors (Lipinski definition) is 3. The van der Waals surface area contributed by atoms with Crippen LogP contribution in [0.25, 0.3) is 0 Å². The van der Waals surface area contributed by atoms with Gasteiger partial charge < -0.3 is 11.1 Å². The van der Waals surface area contributed by atoms with Gasteiger partial charge in [-0.2, -0.15) is 0 Å². The number of aryl methyl sites for hydroxylation is 3. The number of anilines is 1. The SMILES string of the molecule is Cc1cc(C)c(NC(=O)C(C)N2C[C@@H](CN)[C@H](c3ccccc3)C2)c(C)c1. The predicted octanol–water partition coefficient (Wildman–Crippen LogP) is 3.61. The lowest BCUT2D eigenvalue weighted by molar-refractivity contribution is -0.120. The second kappa shape index (κ2) is 8.24. The predicted molar refractivity (Wildman–Crippen MR) is 112 cm³/mol. The molecule has 4 nitrogen and oxygen atoms in total. The molecule has 1 amide bonds. The minimum atomic E-state index is -0.187. The summed E-state index contributed by atoms with van der Waals surface area (Å²) in [6.07, 6.45) is 0. The van der Waals surface area contributed by atoms with Gasteiger partial charge in [0.05, 0.1) is 6.04 Å². The van der Waals surface area contributed by atoms with E-state index in [4.69, 9.17) is 5.73 Å². The smallest absolute Gasteiger partial charge is 0.241 e. The quantitative estimate of drug-likeness (QED) is 0.851. The number of rotatable bonds is 5. The normalized spacial score (nSPS) is 21.2. The molecule has 0 aliphatic carbocycles. The van der Waals surface area contributed by atoms with Crippen molar-refractivity contribution >= 4 is 11.6 Å². The Morgan fingerprint density at radius 3 is 2.37 bits per heavy atom. The van der Waals surface area contributed by atoms with Crippen LogP contribution in [0.15, 0.2) is 42.5 Å². The molecule has 0 aromatic heterocycles. The Morgan fingerprint density at radius 1 is 1.15 bits per heavy atom. The van der Waals surface area contributed by atoms with Gasteiger partial charge in [0.25, 0.3) is 0 Å². The highest BCUT2D eigenvalue weighted by molar-refractivity contribution is 5.96. The summed E-state index contributed by atoms with van der Waals surface area (Å²) in [4.78, 5) is 15.2. The summed E-state index contributed by atoms with van der Waals surface area (Å²) in [6.45, 7) is 10.5. The first-order chi connectivity index (χ1) is 12.9. The van der Waals surface area contributed by atoms with Crippen molar-refractivity contribution < 1.29 is 4.79 Å². The number of likely N-dealkylation sites (tertiary alicyclic amines) is 1. The highest BCUT2D eigenvalue weighted by atomic mass is 16.2. The highest BCUT2D eigenvalue weighted by Crippen LogP contribution is 2.33. The van der Waals surface area contributed by atoms with Crippen LogP contribution in [-0.4, -0.2) is 36.5 Å². The number of amides is 1. The van der Waals surface area contributed by atoms with Crippen molar-refractivity contribution in [1.29, 1.82) is 0 Å². The molecule has 0 saturated carbocycles. The van der Waals surface area contributed by atoms with Gasteiger partial charge in [-0.3, -0.25) is 9.69 Å². The molecule has 0 bridgehead atoms. The van der Waals surface area contributed by atoms with Crippen molar-refractivity contribution in [3.05, 3.63) is 64.7 Å². The van der Waals surface area contributed by atoms with E-state index >= 15 is 0 Å². The number of hydrogen-bond donors (Lipinski definition) is 2. The average Bonchev–Trinajstić information content (AvgIpc) is 3.09. The zero-order chi connectivity index (χ0) is 19.6. The minimum Gasteiger partial charge on any atom is -0.330 e. The fourth-order valence-corrected chi connectivity index (χ4v) is 4.31. The van der Waals surface area contributed by atoms with Crippen molar-refractivity contribution in [3.8, 4) is 0 Å². The summed E-state index contributed by atoms with van der Waals surface area (Å²) in [5.74, 6) is 0.814. The Morgan fingerprint density at radius 2 is 1.78 bits per heavy atom. The van der Waals surface area contributed by atoms with E-state index < -0.39 is 0 Å². The molecule has 3 atom stereocenters. The van der Waals surface area contributed by atoms with Crippen LogP contribution in [0.2, 0.25) is 0 Å². The van der Waals surface area contributed by atoms with E-state index in [1.54, 1.807) is 0 Å². The van der Waals surface area contributed by atoms with Crippen LogP contribution in [-0.2, 0) is 4.79 Å². The standard InChI is InChI=1S/C23H31N3O/c1-15-10-16(2)22(17(3)11-15)25-23(27)18(4)26-13-20(12-24)21(14-26)19-8-6-5-7-9-19/h5-11,18,20-21H,12-14,24H2,1-4H3,(H,25,27)/t18?,20-,21+/m1/s1. The number of carbonyl (C=O) groups is 1. The van der Waals surface area contributed by atoms with Crippen LogP contribution in [0.3, 0.4) is 0 Å². The Balaban J connectivity index is 1.72. The Bertz CT molecular complexity index is 780. The molecule has 1 aliphatic heterocycles. The molecular formula is C23H31N3O. The molecule has 1 saturated heterocycles. The number of carbonyl (C=O) groups excluding carboxylic acids is 1. The minimum absolute atomic E-state index is 0.0505. The van der Waals surface area contributed by atoms with Crippen LogP contribution in [0, 0.1) is 26.7 Å². The summed E-state index contributed by atoms with van der Waals surface area (Å²) in [5, 5.41) is 3.16. The third kappa shape index (κ3) is 4.23. The molecule has 144 valence electrons. The fourth-order valence-electron chi connectivity index (χ4n) is 4.31. The molecule has 1 heterocycles. The monoisotopic (exact) mass is 365 g/mol. The molecule has 27 heavy (non-hydrogen) atoms. The van der Waals surface area contributed by atoms with Gasteiger partial charge in [0.1, 0.15) is 0 Å². The number of nitrogens with zero attached hydrogens (tertiary/aromatic N) is 1. The maximum Gasteiger partial charge on any atom is 0.241 e. The first-order valence-corrected chi connectivity index (χ1v) is 9.78. The van der Waals surface area contributed by atoms with E-state index in [1.807, 2.05) is 26.8 Å². The topological polar surface area (TPSA) is 58.4 Å². The summed E-state index contributed by atoms with van der Waals surface area (Å²) in [6, 6.07) is 14.6. The van der Waals surface area contributed by atoms with Crippen LogP contribution in [0.1, 0.15) is 35.1 Å². The first-order valence-electron chi connectivity index (χ1n) is 9.78. The Labute approximate surface area is 162 Å². The zero-order valence-corrected chi connectivity index (χ0v) is 16.8. The van der Waals surface area contributed by atoms with E-state index in [-0.39, 0.29) is 11.9 Å². The van der Waals surface area contributed by atoms with Gasteiger partial charge in [-0.25, -0.2) is 0 Å².